The summed E-state index contributed by atoms with van der Waals surface area (Å²) in [4.78, 5) is 22.2. The molecule has 3 aromatic rings. The van der Waals surface area contributed by atoms with E-state index in [0.717, 1.165) is 25.7 Å². The van der Waals surface area contributed by atoms with Crippen molar-refractivity contribution in [3.63, 3.8) is 0 Å². The van der Waals surface area contributed by atoms with E-state index in [1.807, 2.05) is 19.9 Å². The van der Waals surface area contributed by atoms with E-state index in [4.69, 9.17) is 10.00 Å². The van der Waals surface area contributed by atoms with E-state index in [1.54, 1.807) is 30.1 Å². The highest BCUT2D eigenvalue weighted by Gasteiger charge is 2.33. The van der Waals surface area contributed by atoms with Gasteiger partial charge >= 0.3 is 0 Å². The minimum absolute atomic E-state index is 0.127. The number of hydrogen-bond donors (Lipinski definition) is 2. The quantitative estimate of drug-likeness (QED) is 0.526. The molecule has 0 atom stereocenters. The third-order valence-electron chi connectivity index (χ3n) is 6.92. The standard InChI is InChI=1S/C26H33N7O2/c1-16(2)31-21-11-22(23-15-29-24-10-17(12-27)13-30-33(23)24)28-14-20(21)25(34)32-19-8-6-18(7-9-19)26(3,4)35-5/h10-11,13-16,18-19H,6-9H2,1-5H3,(H,28,31)(H,32,34). The van der Waals surface area contributed by atoms with Crippen LogP contribution in [0.1, 0.15) is 69.3 Å². The van der Waals surface area contributed by atoms with Crippen LogP contribution in [0.2, 0.25) is 0 Å². The molecule has 0 radical (unpaired) electrons. The van der Waals surface area contributed by atoms with E-state index < -0.39 is 0 Å². The van der Waals surface area contributed by atoms with Crippen molar-refractivity contribution in [1.29, 1.82) is 5.26 Å². The topological polar surface area (TPSA) is 117 Å². The Hall–Kier alpha value is -3.51. The molecule has 184 valence electrons. The number of aromatic nitrogens is 4. The Bertz CT molecular complexity index is 1250. The molecule has 0 spiro atoms. The molecule has 1 fully saturated rings. The number of nitrogens with one attached hydrogen (secondary N) is 2. The van der Waals surface area contributed by atoms with Crippen LogP contribution < -0.4 is 10.6 Å². The van der Waals surface area contributed by atoms with Crippen molar-refractivity contribution >= 4 is 17.2 Å². The zero-order valence-electron chi connectivity index (χ0n) is 21.0. The summed E-state index contributed by atoms with van der Waals surface area (Å²) in [5.74, 6) is 0.361. The van der Waals surface area contributed by atoms with Gasteiger partial charge in [0.25, 0.3) is 5.91 Å². The van der Waals surface area contributed by atoms with Crippen molar-refractivity contribution in [2.75, 3.05) is 12.4 Å². The number of pyridine rings is 1. The largest absolute Gasteiger partial charge is 0.382 e. The van der Waals surface area contributed by atoms with Crippen LogP contribution in [0.15, 0.2) is 30.7 Å². The van der Waals surface area contributed by atoms with Crippen molar-refractivity contribution in [1.82, 2.24) is 24.9 Å². The molecule has 0 aromatic carbocycles. The number of ether oxygens (including phenoxy) is 1. The lowest BCUT2D eigenvalue weighted by atomic mass is 9.77. The average molecular weight is 476 g/mol. The molecule has 0 bridgehead atoms. The van der Waals surface area contributed by atoms with Crippen LogP contribution in [0.25, 0.3) is 17.0 Å². The fourth-order valence-electron chi connectivity index (χ4n) is 4.68. The summed E-state index contributed by atoms with van der Waals surface area (Å²) >= 11 is 0. The van der Waals surface area contributed by atoms with E-state index in [1.165, 1.54) is 6.20 Å². The molecule has 35 heavy (non-hydrogen) atoms. The number of fused-ring (bicyclic) bond motifs is 1. The fourth-order valence-corrected chi connectivity index (χ4v) is 4.68. The first-order chi connectivity index (χ1) is 16.7. The first-order valence-electron chi connectivity index (χ1n) is 12.1. The number of carbonyl (C=O) groups is 1. The Balaban J connectivity index is 1.55. The Morgan fingerprint density at radius 3 is 2.57 bits per heavy atom. The van der Waals surface area contributed by atoms with Crippen molar-refractivity contribution in [3.05, 3.63) is 41.9 Å². The number of carbonyl (C=O) groups excluding carboxylic acids is 1. The number of nitriles is 1. The second-order valence-electron chi connectivity index (χ2n) is 10.0. The smallest absolute Gasteiger partial charge is 0.255 e. The van der Waals surface area contributed by atoms with E-state index in [0.29, 0.717) is 39.8 Å². The lowest BCUT2D eigenvalue weighted by Gasteiger charge is -2.38. The van der Waals surface area contributed by atoms with Gasteiger partial charge in [0.15, 0.2) is 5.65 Å². The van der Waals surface area contributed by atoms with E-state index in [9.17, 15) is 4.79 Å². The summed E-state index contributed by atoms with van der Waals surface area (Å²) in [6.07, 6.45) is 8.68. The zero-order valence-corrected chi connectivity index (χ0v) is 21.0. The summed E-state index contributed by atoms with van der Waals surface area (Å²) in [6.45, 7) is 8.32. The van der Waals surface area contributed by atoms with Gasteiger partial charge in [-0.25, -0.2) is 9.50 Å². The molecule has 4 rings (SSSR count). The lowest BCUT2D eigenvalue weighted by molar-refractivity contribution is -0.0421. The van der Waals surface area contributed by atoms with Crippen molar-refractivity contribution in [2.24, 2.45) is 5.92 Å². The van der Waals surface area contributed by atoms with Gasteiger partial charge in [0, 0.05) is 31.5 Å². The minimum atomic E-state index is -0.147. The number of nitrogens with zero attached hydrogens (tertiary/aromatic N) is 5. The number of hydrogen-bond acceptors (Lipinski definition) is 7. The van der Waals surface area contributed by atoms with Crippen LogP contribution in [-0.2, 0) is 4.74 Å². The van der Waals surface area contributed by atoms with Crippen molar-refractivity contribution in [3.8, 4) is 17.5 Å². The maximum absolute atomic E-state index is 13.3. The molecular formula is C26H33N7O2. The number of imidazole rings is 1. The van der Waals surface area contributed by atoms with Gasteiger partial charge in [-0.15, -0.1) is 0 Å². The maximum atomic E-state index is 13.3. The van der Waals surface area contributed by atoms with E-state index >= 15 is 0 Å². The van der Waals surface area contributed by atoms with Gasteiger partial charge in [-0.3, -0.25) is 9.78 Å². The van der Waals surface area contributed by atoms with Gasteiger partial charge in [-0.2, -0.15) is 10.4 Å². The van der Waals surface area contributed by atoms with E-state index in [2.05, 4.69) is 45.6 Å². The second kappa shape index (κ2) is 10.0. The van der Waals surface area contributed by atoms with Crippen LogP contribution in [0, 0.1) is 17.2 Å². The molecule has 2 N–H and O–H groups in total. The number of rotatable bonds is 7. The molecule has 9 nitrogen and oxygen atoms in total. The minimum Gasteiger partial charge on any atom is -0.382 e. The van der Waals surface area contributed by atoms with Crippen LogP contribution in [0.3, 0.4) is 0 Å². The van der Waals surface area contributed by atoms with Gasteiger partial charge < -0.3 is 15.4 Å². The maximum Gasteiger partial charge on any atom is 0.255 e. The molecule has 1 aliphatic carbocycles. The van der Waals surface area contributed by atoms with Gasteiger partial charge in [0.05, 0.1) is 40.5 Å². The molecule has 0 aliphatic heterocycles. The average Bonchev–Trinajstić information content (AvgIpc) is 3.27. The summed E-state index contributed by atoms with van der Waals surface area (Å²) in [7, 11) is 1.76. The molecule has 0 saturated heterocycles. The lowest BCUT2D eigenvalue weighted by Crippen LogP contribution is -2.42. The zero-order chi connectivity index (χ0) is 25.2. The number of anilines is 1. The molecule has 1 saturated carbocycles. The third-order valence-corrected chi connectivity index (χ3v) is 6.92. The normalized spacial score (nSPS) is 18.4. The monoisotopic (exact) mass is 475 g/mol. The summed E-state index contributed by atoms with van der Waals surface area (Å²) in [6, 6.07) is 5.87. The van der Waals surface area contributed by atoms with Crippen molar-refractivity contribution in [2.45, 2.75) is 71.1 Å². The Kier molecular flexibility index (Phi) is 7.03. The second-order valence-corrected chi connectivity index (χ2v) is 10.0. The van der Waals surface area contributed by atoms with Gasteiger partial charge in [0.1, 0.15) is 11.8 Å². The summed E-state index contributed by atoms with van der Waals surface area (Å²) < 4.78 is 7.31. The highest BCUT2D eigenvalue weighted by Crippen LogP contribution is 2.34. The predicted octanol–water partition coefficient (Wildman–Crippen LogP) is 4.20. The van der Waals surface area contributed by atoms with Gasteiger partial charge in [0.2, 0.25) is 0 Å². The number of methoxy groups -OCH3 is 1. The van der Waals surface area contributed by atoms with Crippen molar-refractivity contribution < 1.29 is 9.53 Å². The summed E-state index contributed by atoms with van der Waals surface area (Å²) in [5.41, 5.74) is 3.39. The first-order valence-corrected chi connectivity index (χ1v) is 12.1. The molecule has 3 heterocycles. The SMILES string of the molecule is COC(C)(C)C1CCC(NC(=O)c2cnc(-c3cnc4cc(C#N)cnn34)cc2NC(C)C)CC1. The highest BCUT2D eigenvalue weighted by atomic mass is 16.5. The van der Waals surface area contributed by atoms with Crippen LogP contribution in [0.5, 0.6) is 0 Å². The van der Waals surface area contributed by atoms with Crippen LogP contribution in [0.4, 0.5) is 5.69 Å². The highest BCUT2D eigenvalue weighted by molar-refractivity contribution is 6.00. The molecule has 1 aliphatic rings. The molecule has 1 amide bonds. The van der Waals surface area contributed by atoms with Crippen LogP contribution in [-0.4, -0.2) is 50.3 Å². The summed E-state index contributed by atoms with van der Waals surface area (Å²) in [5, 5.41) is 20.0. The van der Waals surface area contributed by atoms with Gasteiger partial charge in [-0.05, 0) is 65.4 Å². The third kappa shape index (κ3) is 5.28. The van der Waals surface area contributed by atoms with E-state index in [-0.39, 0.29) is 23.6 Å². The Morgan fingerprint density at radius 2 is 1.91 bits per heavy atom. The predicted molar refractivity (Wildman–Crippen MR) is 134 cm³/mol. The van der Waals surface area contributed by atoms with Gasteiger partial charge in [-0.1, -0.05) is 0 Å². The number of amides is 1. The van der Waals surface area contributed by atoms with Crippen LogP contribution >= 0.6 is 0 Å². The molecular weight excluding hydrogens is 442 g/mol. The molecule has 9 heteroatoms. The first kappa shape index (κ1) is 24.6. The fraction of sp³-hybridized carbons (Fsp3) is 0.500. The molecule has 3 aromatic heterocycles. The Morgan fingerprint density at radius 1 is 1.17 bits per heavy atom. The Labute approximate surface area is 205 Å². The molecule has 0 unspecified atom stereocenters.